The van der Waals surface area contributed by atoms with Gasteiger partial charge in [0.1, 0.15) is 11.3 Å². The number of nitrogens with one attached hydrogen (secondary N) is 1. The second-order valence-electron chi connectivity index (χ2n) is 8.25. The lowest BCUT2D eigenvalue weighted by atomic mass is 9.81. The lowest BCUT2D eigenvalue weighted by Crippen LogP contribution is -2.45. The van der Waals surface area contributed by atoms with Gasteiger partial charge in [-0.05, 0) is 33.2 Å². The Kier molecular flexibility index (Phi) is 6.31. The standard InChI is InChI=1S/C21H31N7OS/c1-5-28-13-23-17-18(22-8-10-29-4)25-20(26-19(17)28)21(3)7-6-9-27(12-21)11-16-15(2)24-14-30-16/h13-14H,5-12H2,1-4H3,(H,22,25,26). The van der Waals surface area contributed by atoms with Crippen LogP contribution in [0.15, 0.2) is 11.8 Å². The van der Waals surface area contributed by atoms with Crippen molar-refractivity contribution in [3.8, 4) is 0 Å². The van der Waals surface area contributed by atoms with Crippen LogP contribution in [0.1, 0.15) is 43.1 Å². The number of hydrogen-bond acceptors (Lipinski definition) is 8. The van der Waals surface area contributed by atoms with Gasteiger partial charge < -0.3 is 14.6 Å². The number of rotatable bonds is 8. The van der Waals surface area contributed by atoms with E-state index in [1.807, 2.05) is 11.8 Å². The Morgan fingerprint density at radius 2 is 2.17 bits per heavy atom. The van der Waals surface area contributed by atoms with Gasteiger partial charge in [0, 0.05) is 43.6 Å². The Morgan fingerprint density at radius 1 is 1.30 bits per heavy atom. The first kappa shape index (κ1) is 21.1. The van der Waals surface area contributed by atoms with Crippen molar-refractivity contribution in [3.05, 3.63) is 28.2 Å². The van der Waals surface area contributed by atoms with Gasteiger partial charge in [-0.15, -0.1) is 11.3 Å². The normalized spacial score (nSPS) is 20.1. The van der Waals surface area contributed by atoms with E-state index in [-0.39, 0.29) is 5.41 Å². The van der Waals surface area contributed by atoms with Crippen LogP contribution in [-0.2, 0) is 23.2 Å². The molecular formula is C21H31N7OS. The summed E-state index contributed by atoms with van der Waals surface area (Å²) in [5, 5.41) is 3.41. The van der Waals surface area contributed by atoms with E-state index in [0.29, 0.717) is 13.2 Å². The largest absolute Gasteiger partial charge is 0.383 e. The molecule has 30 heavy (non-hydrogen) atoms. The Morgan fingerprint density at radius 3 is 2.90 bits per heavy atom. The van der Waals surface area contributed by atoms with Crippen LogP contribution in [0.2, 0.25) is 0 Å². The van der Waals surface area contributed by atoms with Gasteiger partial charge in [-0.3, -0.25) is 4.90 Å². The first-order valence-electron chi connectivity index (χ1n) is 10.6. The van der Waals surface area contributed by atoms with Gasteiger partial charge in [0.15, 0.2) is 11.5 Å². The highest BCUT2D eigenvalue weighted by Gasteiger charge is 2.36. The van der Waals surface area contributed by atoms with Crippen molar-refractivity contribution in [1.29, 1.82) is 0 Å². The Balaban J connectivity index is 1.65. The van der Waals surface area contributed by atoms with E-state index >= 15 is 0 Å². The summed E-state index contributed by atoms with van der Waals surface area (Å²) in [6.07, 6.45) is 4.07. The van der Waals surface area contributed by atoms with Crippen molar-refractivity contribution < 1.29 is 4.74 Å². The molecule has 0 bridgehead atoms. The topological polar surface area (TPSA) is 81.0 Å². The first-order chi connectivity index (χ1) is 14.5. The number of anilines is 1. The fourth-order valence-electron chi connectivity index (χ4n) is 4.18. The minimum Gasteiger partial charge on any atom is -0.383 e. The number of fused-ring (bicyclic) bond motifs is 1. The zero-order chi connectivity index (χ0) is 21.1. The van der Waals surface area contributed by atoms with E-state index in [9.17, 15) is 0 Å². The van der Waals surface area contributed by atoms with Crippen LogP contribution < -0.4 is 5.32 Å². The molecule has 4 heterocycles. The molecular weight excluding hydrogens is 398 g/mol. The third-order valence-corrected chi connectivity index (χ3v) is 6.85. The van der Waals surface area contributed by atoms with Gasteiger partial charge >= 0.3 is 0 Å². The number of piperidine rings is 1. The lowest BCUT2D eigenvalue weighted by molar-refractivity contribution is 0.145. The molecule has 1 fully saturated rings. The summed E-state index contributed by atoms with van der Waals surface area (Å²) >= 11 is 1.74. The highest BCUT2D eigenvalue weighted by Crippen LogP contribution is 2.34. The number of methoxy groups -OCH3 is 1. The van der Waals surface area contributed by atoms with Crippen molar-refractivity contribution in [2.24, 2.45) is 0 Å². The molecule has 1 atom stereocenters. The summed E-state index contributed by atoms with van der Waals surface area (Å²) in [4.78, 5) is 22.8. The predicted octanol–water partition coefficient (Wildman–Crippen LogP) is 3.22. The molecule has 1 aliphatic rings. The zero-order valence-corrected chi connectivity index (χ0v) is 19.1. The molecule has 1 aliphatic heterocycles. The number of imidazole rings is 1. The van der Waals surface area contributed by atoms with Crippen molar-refractivity contribution in [3.63, 3.8) is 0 Å². The second-order valence-corrected chi connectivity index (χ2v) is 9.19. The third kappa shape index (κ3) is 4.19. The molecule has 4 rings (SSSR count). The van der Waals surface area contributed by atoms with Gasteiger partial charge in [0.05, 0.1) is 24.1 Å². The average Bonchev–Trinajstić information content (AvgIpc) is 3.34. The van der Waals surface area contributed by atoms with E-state index in [4.69, 9.17) is 14.7 Å². The Hall–Kier alpha value is -2.10. The van der Waals surface area contributed by atoms with Crippen molar-refractivity contribution >= 4 is 28.3 Å². The van der Waals surface area contributed by atoms with Gasteiger partial charge in [0.2, 0.25) is 0 Å². The third-order valence-electron chi connectivity index (χ3n) is 5.93. The number of nitrogens with zero attached hydrogens (tertiary/aromatic N) is 6. The molecule has 0 aromatic carbocycles. The molecule has 0 spiro atoms. The van der Waals surface area contributed by atoms with Crippen LogP contribution in [0.25, 0.3) is 11.2 Å². The second kappa shape index (κ2) is 8.95. The van der Waals surface area contributed by atoms with Crippen LogP contribution >= 0.6 is 11.3 Å². The first-order valence-corrected chi connectivity index (χ1v) is 11.5. The maximum atomic E-state index is 5.20. The average molecular weight is 430 g/mol. The molecule has 0 aliphatic carbocycles. The Labute approximate surface area is 181 Å². The maximum Gasteiger partial charge on any atom is 0.165 e. The monoisotopic (exact) mass is 429 g/mol. The molecule has 1 saturated heterocycles. The molecule has 3 aromatic heterocycles. The molecule has 9 heteroatoms. The number of hydrogen-bond donors (Lipinski definition) is 1. The van der Waals surface area contributed by atoms with Crippen LogP contribution in [0, 0.1) is 6.92 Å². The summed E-state index contributed by atoms with van der Waals surface area (Å²) < 4.78 is 7.29. The number of aryl methyl sites for hydroxylation is 2. The van der Waals surface area contributed by atoms with Crippen molar-refractivity contribution in [1.82, 2.24) is 29.4 Å². The summed E-state index contributed by atoms with van der Waals surface area (Å²) in [7, 11) is 1.71. The van der Waals surface area contributed by atoms with Crippen LogP contribution in [0.4, 0.5) is 5.82 Å². The van der Waals surface area contributed by atoms with E-state index in [0.717, 1.165) is 67.5 Å². The van der Waals surface area contributed by atoms with E-state index in [1.54, 1.807) is 18.4 Å². The van der Waals surface area contributed by atoms with Crippen LogP contribution in [0.5, 0.6) is 0 Å². The van der Waals surface area contributed by atoms with E-state index < -0.39 is 0 Å². The summed E-state index contributed by atoms with van der Waals surface area (Å²) in [6.45, 7) is 11.6. The molecule has 8 nitrogen and oxygen atoms in total. The molecule has 1 unspecified atom stereocenters. The number of thiazole rings is 1. The van der Waals surface area contributed by atoms with Crippen LogP contribution in [-0.4, -0.2) is 62.8 Å². The minimum atomic E-state index is -0.106. The zero-order valence-electron chi connectivity index (χ0n) is 18.3. The predicted molar refractivity (Wildman–Crippen MR) is 120 cm³/mol. The number of aromatic nitrogens is 5. The van der Waals surface area contributed by atoms with Gasteiger partial charge in [-0.1, -0.05) is 6.92 Å². The van der Waals surface area contributed by atoms with E-state index in [1.165, 1.54) is 4.88 Å². The van der Waals surface area contributed by atoms with Crippen LogP contribution in [0.3, 0.4) is 0 Å². The van der Waals surface area contributed by atoms with Crippen molar-refractivity contribution in [2.75, 3.05) is 38.7 Å². The SMILES string of the molecule is CCn1cnc2c(NCCOC)nc(C3(C)CCCN(Cc4scnc4C)C3)nc21. The quantitative estimate of drug-likeness (QED) is 0.551. The molecule has 0 radical (unpaired) electrons. The molecule has 0 amide bonds. The van der Waals surface area contributed by atoms with Gasteiger partial charge in [-0.25, -0.2) is 19.9 Å². The highest BCUT2D eigenvalue weighted by molar-refractivity contribution is 7.09. The fraction of sp³-hybridized carbons (Fsp3) is 0.619. The Bertz CT molecular complexity index is 1000. The summed E-state index contributed by atoms with van der Waals surface area (Å²) in [5.74, 6) is 1.70. The van der Waals surface area contributed by atoms with Crippen molar-refractivity contribution in [2.45, 2.75) is 52.1 Å². The fourth-order valence-corrected chi connectivity index (χ4v) is 5.00. The molecule has 162 valence electrons. The summed E-state index contributed by atoms with van der Waals surface area (Å²) in [5.41, 5.74) is 4.70. The smallest absolute Gasteiger partial charge is 0.165 e. The number of ether oxygens (including phenoxy) is 1. The minimum absolute atomic E-state index is 0.106. The van der Waals surface area contributed by atoms with Gasteiger partial charge in [-0.2, -0.15) is 0 Å². The molecule has 3 aromatic rings. The lowest BCUT2D eigenvalue weighted by Gasteiger charge is -2.39. The van der Waals surface area contributed by atoms with Gasteiger partial charge in [0.25, 0.3) is 0 Å². The highest BCUT2D eigenvalue weighted by atomic mass is 32.1. The molecule has 1 N–H and O–H groups in total. The summed E-state index contributed by atoms with van der Waals surface area (Å²) in [6, 6.07) is 0. The number of likely N-dealkylation sites (tertiary alicyclic amines) is 1. The molecule has 0 saturated carbocycles. The maximum absolute atomic E-state index is 5.20. The van der Waals surface area contributed by atoms with E-state index in [2.05, 4.69) is 45.5 Å².